The Labute approximate surface area is 66.8 Å². The van der Waals surface area contributed by atoms with Crippen molar-refractivity contribution in [3.05, 3.63) is 0 Å². The Morgan fingerprint density at radius 3 is 3.10 bits per heavy atom. The molecule has 1 rings (SSSR count). The minimum absolute atomic E-state index is 0.234. The summed E-state index contributed by atoms with van der Waals surface area (Å²) in [5, 5.41) is 0.635. The molecule has 1 aliphatic rings. The minimum Gasteiger partial charge on any atom is -0.326 e. The van der Waals surface area contributed by atoms with Crippen LogP contribution in [0.2, 0.25) is 0 Å². The van der Waals surface area contributed by atoms with Crippen LogP contribution in [0.1, 0.15) is 19.3 Å². The van der Waals surface area contributed by atoms with E-state index in [-0.39, 0.29) is 6.04 Å². The fraction of sp³-hybridized carbons (Fsp3) is 0.750. The summed E-state index contributed by atoms with van der Waals surface area (Å²) in [5.74, 6) is 3.87. The molecule has 2 unspecified atom stereocenters. The Balaban J connectivity index is 2.26. The second-order valence-corrected chi connectivity index (χ2v) is 3.97. The Hall–Kier alpha value is -0.130. The van der Waals surface area contributed by atoms with Gasteiger partial charge >= 0.3 is 0 Å². The van der Waals surface area contributed by atoms with Gasteiger partial charge in [0.15, 0.2) is 0 Å². The van der Waals surface area contributed by atoms with Gasteiger partial charge in [-0.1, -0.05) is 0 Å². The molecule has 1 fully saturated rings. The van der Waals surface area contributed by atoms with Crippen LogP contribution in [-0.2, 0) is 0 Å². The molecule has 10 heavy (non-hydrogen) atoms. The minimum atomic E-state index is 0.234. The lowest BCUT2D eigenvalue weighted by atomic mass is 10.1. The van der Waals surface area contributed by atoms with Crippen LogP contribution in [-0.4, -0.2) is 17.0 Å². The van der Waals surface area contributed by atoms with E-state index in [4.69, 9.17) is 12.2 Å². The predicted octanol–water partition coefficient (Wildman–Crippen LogP) is 1.23. The van der Waals surface area contributed by atoms with Crippen LogP contribution in [0.3, 0.4) is 0 Å². The Morgan fingerprint density at radius 1 is 1.80 bits per heavy atom. The van der Waals surface area contributed by atoms with Gasteiger partial charge in [0.05, 0.1) is 0 Å². The fourth-order valence-electron chi connectivity index (χ4n) is 1.21. The van der Waals surface area contributed by atoms with Gasteiger partial charge in [0, 0.05) is 17.7 Å². The van der Waals surface area contributed by atoms with Crippen molar-refractivity contribution < 1.29 is 0 Å². The zero-order chi connectivity index (χ0) is 7.40. The maximum Gasteiger partial charge on any atom is 0.0270 e. The van der Waals surface area contributed by atoms with Gasteiger partial charge in [-0.2, -0.15) is 11.8 Å². The summed E-state index contributed by atoms with van der Waals surface area (Å²) >= 11 is 1.97. The topological polar surface area (TPSA) is 26.0 Å². The van der Waals surface area contributed by atoms with E-state index in [9.17, 15) is 0 Å². The molecule has 1 heterocycles. The van der Waals surface area contributed by atoms with Gasteiger partial charge in [-0.25, -0.2) is 0 Å². The predicted molar refractivity (Wildman–Crippen MR) is 46.9 cm³/mol. The summed E-state index contributed by atoms with van der Waals surface area (Å²) in [6.45, 7) is 0. The quantitative estimate of drug-likeness (QED) is 0.607. The monoisotopic (exact) mass is 155 g/mol. The van der Waals surface area contributed by atoms with Crippen molar-refractivity contribution in [2.24, 2.45) is 5.73 Å². The van der Waals surface area contributed by atoms with Crippen molar-refractivity contribution in [3.8, 4) is 12.3 Å². The Kier molecular flexibility index (Phi) is 3.11. The molecule has 0 aromatic carbocycles. The second-order valence-electron chi connectivity index (χ2n) is 2.62. The fourth-order valence-corrected chi connectivity index (χ4v) is 2.52. The molecule has 0 spiro atoms. The molecule has 0 aromatic heterocycles. The highest BCUT2D eigenvalue weighted by Crippen LogP contribution is 2.28. The van der Waals surface area contributed by atoms with E-state index in [0.717, 1.165) is 6.42 Å². The summed E-state index contributed by atoms with van der Waals surface area (Å²) in [5.41, 5.74) is 5.83. The van der Waals surface area contributed by atoms with Crippen LogP contribution in [0, 0.1) is 12.3 Å². The molecule has 2 heteroatoms. The number of thioether (sulfide) groups is 1. The first kappa shape index (κ1) is 7.97. The van der Waals surface area contributed by atoms with Gasteiger partial charge in [0.25, 0.3) is 0 Å². The van der Waals surface area contributed by atoms with Crippen molar-refractivity contribution in [2.45, 2.75) is 30.6 Å². The average Bonchev–Trinajstić information content (AvgIpc) is 2.38. The van der Waals surface area contributed by atoms with E-state index >= 15 is 0 Å². The maximum atomic E-state index is 5.83. The first-order valence-electron chi connectivity index (χ1n) is 3.65. The van der Waals surface area contributed by atoms with Crippen molar-refractivity contribution in [1.29, 1.82) is 0 Å². The van der Waals surface area contributed by atoms with Crippen LogP contribution in [0.25, 0.3) is 0 Å². The Bertz CT molecular complexity index is 133. The third-order valence-electron chi connectivity index (χ3n) is 1.80. The van der Waals surface area contributed by atoms with E-state index in [2.05, 4.69) is 5.92 Å². The number of hydrogen-bond acceptors (Lipinski definition) is 2. The number of rotatable bonds is 2. The molecule has 2 N–H and O–H groups in total. The highest BCUT2D eigenvalue weighted by atomic mass is 32.2. The van der Waals surface area contributed by atoms with Crippen molar-refractivity contribution >= 4 is 11.8 Å². The lowest BCUT2D eigenvalue weighted by Crippen LogP contribution is -2.30. The van der Waals surface area contributed by atoms with Crippen molar-refractivity contribution in [3.63, 3.8) is 0 Å². The first-order chi connectivity index (χ1) is 4.84. The van der Waals surface area contributed by atoms with Gasteiger partial charge in [0.2, 0.25) is 0 Å². The summed E-state index contributed by atoms with van der Waals surface area (Å²) in [4.78, 5) is 0. The first-order valence-corrected chi connectivity index (χ1v) is 4.70. The van der Waals surface area contributed by atoms with Crippen molar-refractivity contribution in [1.82, 2.24) is 0 Å². The normalized spacial score (nSPS) is 27.8. The van der Waals surface area contributed by atoms with E-state index in [1.165, 1.54) is 18.6 Å². The number of nitrogens with two attached hydrogens (primary N) is 1. The summed E-state index contributed by atoms with van der Waals surface area (Å²) in [7, 11) is 0. The SMILES string of the molecule is C#CCC(N)C1CCCS1. The lowest BCUT2D eigenvalue weighted by Gasteiger charge is -2.14. The molecule has 0 saturated carbocycles. The molecule has 1 aliphatic heterocycles. The standard InChI is InChI=1S/C8H13NS/c1-2-4-7(9)8-5-3-6-10-8/h1,7-8H,3-6,9H2. The zero-order valence-electron chi connectivity index (χ0n) is 6.05. The second kappa shape index (κ2) is 3.90. The summed E-state index contributed by atoms with van der Waals surface area (Å²) in [6.07, 6.45) is 8.46. The molecule has 2 atom stereocenters. The maximum absolute atomic E-state index is 5.83. The molecule has 1 saturated heterocycles. The summed E-state index contributed by atoms with van der Waals surface area (Å²) in [6, 6.07) is 0.234. The van der Waals surface area contributed by atoms with E-state index in [1.54, 1.807) is 0 Å². The van der Waals surface area contributed by atoms with Crippen LogP contribution >= 0.6 is 11.8 Å². The van der Waals surface area contributed by atoms with Gasteiger partial charge in [-0.3, -0.25) is 0 Å². The van der Waals surface area contributed by atoms with Crippen molar-refractivity contribution in [2.75, 3.05) is 5.75 Å². The van der Waals surface area contributed by atoms with Gasteiger partial charge in [0.1, 0.15) is 0 Å². The number of hydrogen-bond donors (Lipinski definition) is 1. The van der Waals surface area contributed by atoms with Gasteiger partial charge < -0.3 is 5.73 Å². The Morgan fingerprint density at radius 2 is 2.60 bits per heavy atom. The third-order valence-corrected chi connectivity index (χ3v) is 3.33. The van der Waals surface area contributed by atoms with Crippen LogP contribution in [0.5, 0.6) is 0 Å². The van der Waals surface area contributed by atoms with E-state index < -0.39 is 0 Å². The molecule has 0 bridgehead atoms. The van der Waals surface area contributed by atoms with Gasteiger partial charge in [-0.15, -0.1) is 12.3 Å². The average molecular weight is 155 g/mol. The zero-order valence-corrected chi connectivity index (χ0v) is 6.86. The molecule has 0 amide bonds. The largest absolute Gasteiger partial charge is 0.326 e. The van der Waals surface area contributed by atoms with Gasteiger partial charge in [-0.05, 0) is 18.6 Å². The molecular weight excluding hydrogens is 142 g/mol. The summed E-state index contributed by atoms with van der Waals surface area (Å²) < 4.78 is 0. The molecule has 56 valence electrons. The van der Waals surface area contributed by atoms with E-state index in [0.29, 0.717) is 5.25 Å². The highest BCUT2D eigenvalue weighted by molar-refractivity contribution is 8.00. The molecule has 0 aromatic rings. The van der Waals surface area contributed by atoms with Crippen LogP contribution in [0.4, 0.5) is 0 Å². The molecular formula is C8H13NS. The third kappa shape index (κ3) is 1.93. The lowest BCUT2D eigenvalue weighted by molar-refractivity contribution is 0.626. The smallest absolute Gasteiger partial charge is 0.0270 e. The van der Waals surface area contributed by atoms with E-state index in [1.807, 2.05) is 11.8 Å². The molecule has 1 nitrogen and oxygen atoms in total. The highest BCUT2D eigenvalue weighted by Gasteiger charge is 2.21. The molecule has 0 aliphatic carbocycles. The van der Waals surface area contributed by atoms with Crippen LogP contribution < -0.4 is 5.73 Å². The number of terminal acetylenes is 1. The molecule has 0 radical (unpaired) electrons. The van der Waals surface area contributed by atoms with Crippen LogP contribution in [0.15, 0.2) is 0 Å².